The van der Waals surface area contributed by atoms with E-state index >= 15 is 0 Å². The molecule has 0 saturated heterocycles. The molecule has 1 atom stereocenters. The molecule has 3 rings (SSSR count). The van der Waals surface area contributed by atoms with E-state index in [1.807, 2.05) is 0 Å². The number of benzene rings is 2. The molecule has 2 N–H and O–H groups in total. The maximum atomic E-state index is 12.7. The second kappa shape index (κ2) is 7.89. The Morgan fingerprint density at radius 1 is 0.929 bits per heavy atom. The maximum absolute atomic E-state index is 12.7. The van der Waals surface area contributed by atoms with Crippen molar-refractivity contribution in [2.45, 2.75) is 18.7 Å². The molecule has 146 valence electrons. The zero-order valence-corrected chi connectivity index (χ0v) is 14.2. The summed E-state index contributed by atoms with van der Waals surface area (Å²) in [6.45, 7) is 0. The van der Waals surface area contributed by atoms with Crippen LogP contribution in [0.15, 0.2) is 60.8 Å². The van der Waals surface area contributed by atoms with Crippen molar-refractivity contribution in [3.8, 4) is 11.1 Å². The Bertz CT molecular complexity index is 945. The minimum absolute atomic E-state index is 0.0883. The second-order valence-corrected chi connectivity index (χ2v) is 5.87. The third-order valence-corrected chi connectivity index (χ3v) is 3.89. The summed E-state index contributed by atoms with van der Waals surface area (Å²) in [5, 5.41) is 12.1. The predicted molar refractivity (Wildman–Crippen MR) is 93.2 cm³/mol. The molecule has 1 unspecified atom stereocenters. The Balaban J connectivity index is 1.81. The molecule has 0 bridgehead atoms. The smallest absolute Gasteiger partial charge is 0.382 e. The van der Waals surface area contributed by atoms with E-state index in [0.29, 0.717) is 16.8 Å². The topological polar surface area (TPSA) is 58.0 Å². The van der Waals surface area contributed by atoms with E-state index in [-0.39, 0.29) is 11.5 Å². The zero-order chi connectivity index (χ0) is 20.3. The molecule has 28 heavy (non-hydrogen) atoms. The number of aliphatic hydroxyl groups excluding tert-OH is 1. The molecule has 0 aliphatic carbocycles. The summed E-state index contributed by atoms with van der Waals surface area (Å²) >= 11 is 0. The van der Waals surface area contributed by atoms with Crippen molar-refractivity contribution >= 4 is 11.6 Å². The van der Waals surface area contributed by atoms with Crippen molar-refractivity contribution < 1.29 is 27.1 Å². The molecular weight excluding hydrogens is 381 g/mol. The Labute approximate surface area is 156 Å². The first-order valence-corrected chi connectivity index (χ1v) is 8.08. The molecule has 2 aromatic carbocycles. The van der Waals surface area contributed by atoms with Crippen LogP contribution in [0, 0.1) is 0 Å². The third-order valence-electron chi connectivity index (χ3n) is 3.89. The predicted octanol–water partition coefficient (Wildman–Crippen LogP) is 5.20. The van der Waals surface area contributed by atoms with Crippen molar-refractivity contribution in [1.29, 1.82) is 0 Å². The zero-order valence-electron chi connectivity index (χ0n) is 14.2. The molecular formula is C19H14F5N3O. The van der Waals surface area contributed by atoms with Gasteiger partial charge in [0.1, 0.15) is 11.8 Å². The maximum Gasteiger partial charge on any atom is 0.433 e. The van der Waals surface area contributed by atoms with Gasteiger partial charge in [0.15, 0.2) is 0 Å². The van der Waals surface area contributed by atoms with Crippen molar-refractivity contribution in [2.75, 3.05) is 5.32 Å². The Hall–Kier alpha value is -3.07. The van der Waals surface area contributed by atoms with Crippen LogP contribution in [0.1, 0.15) is 17.4 Å². The lowest BCUT2D eigenvalue weighted by Gasteiger charge is -2.12. The highest BCUT2D eigenvalue weighted by molar-refractivity contribution is 5.69. The molecule has 3 aromatic rings. The lowest BCUT2D eigenvalue weighted by molar-refractivity contribution is -0.141. The van der Waals surface area contributed by atoms with Gasteiger partial charge in [0.05, 0.1) is 0 Å². The van der Waals surface area contributed by atoms with Gasteiger partial charge in [-0.15, -0.1) is 0 Å². The Kier molecular flexibility index (Phi) is 5.55. The molecule has 0 fully saturated rings. The largest absolute Gasteiger partial charge is 0.433 e. The number of alkyl halides is 5. The highest BCUT2D eigenvalue weighted by atomic mass is 19.4. The van der Waals surface area contributed by atoms with E-state index in [0.717, 1.165) is 12.3 Å². The fraction of sp³-hybridized carbons (Fsp3) is 0.158. The average Bonchev–Trinajstić information content (AvgIpc) is 2.67. The lowest BCUT2D eigenvalue weighted by Crippen LogP contribution is -2.10. The molecule has 4 nitrogen and oxygen atoms in total. The minimum atomic E-state index is -4.58. The van der Waals surface area contributed by atoms with Crippen LogP contribution in [0.3, 0.4) is 0 Å². The molecule has 0 saturated carbocycles. The summed E-state index contributed by atoms with van der Waals surface area (Å²) < 4.78 is 63.4. The van der Waals surface area contributed by atoms with Crippen LogP contribution in [-0.4, -0.2) is 21.5 Å². The summed E-state index contributed by atoms with van der Waals surface area (Å²) in [5.74, 6) is -0.206. The molecule has 0 aliphatic heterocycles. The number of rotatable bonds is 5. The van der Waals surface area contributed by atoms with Gasteiger partial charge in [-0.25, -0.2) is 18.7 Å². The molecule has 1 aromatic heterocycles. The van der Waals surface area contributed by atoms with E-state index in [1.54, 1.807) is 36.4 Å². The van der Waals surface area contributed by atoms with Crippen LogP contribution in [0.2, 0.25) is 0 Å². The molecule has 0 amide bonds. The number of hydrogen-bond donors (Lipinski definition) is 2. The normalized spacial score (nSPS) is 12.8. The first-order valence-electron chi connectivity index (χ1n) is 8.08. The fourth-order valence-electron chi connectivity index (χ4n) is 2.50. The van der Waals surface area contributed by atoms with Crippen LogP contribution in [0.5, 0.6) is 0 Å². The van der Waals surface area contributed by atoms with Gasteiger partial charge in [-0.05, 0) is 34.9 Å². The first-order chi connectivity index (χ1) is 13.2. The van der Waals surface area contributed by atoms with E-state index in [2.05, 4.69) is 15.3 Å². The number of hydrogen-bond acceptors (Lipinski definition) is 4. The number of aromatic nitrogens is 2. The van der Waals surface area contributed by atoms with Gasteiger partial charge in [0.2, 0.25) is 5.95 Å². The summed E-state index contributed by atoms with van der Waals surface area (Å²) in [7, 11) is 0. The van der Waals surface area contributed by atoms with Crippen LogP contribution >= 0.6 is 0 Å². The standard InChI is InChI=1S/C19H14F5N3O/c20-17(21)16(28)12-6-4-11(5-7-12)13-2-1-3-14(10-13)26-18-25-9-8-15(27-18)19(22,23)24/h1-10,16-17,28H,(H,25,26,27). The van der Waals surface area contributed by atoms with Gasteiger partial charge in [-0.2, -0.15) is 13.2 Å². The number of halogens is 5. The van der Waals surface area contributed by atoms with Gasteiger partial charge in [-0.3, -0.25) is 0 Å². The number of anilines is 2. The summed E-state index contributed by atoms with van der Waals surface area (Å²) in [4.78, 5) is 7.22. The van der Waals surface area contributed by atoms with Crippen molar-refractivity contribution in [1.82, 2.24) is 9.97 Å². The van der Waals surface area contributed by atoms with Gasteiger partial charge in [0.25, 0.3) is 6.43 Å². The van der Waals surface area contributed by atoms with Gasteiger partial charge < -0.3 is 10.4 Å². The van der Waals surface area contributed by atoms with Crippen LogP contribution in [-0.2, 0) is 6.18 Å². The van der Waals surface area contributed by atoms with Crippen LogP contribution in [0.4, 0.5) is 33.6 Å². The minimum Gasteiger partial charge on any atom is -0.382 e. The molecule has 1 heterocycles. The Morgan fingerprint density at radius 3 is 2.29 bits per heavy atom. The Morgan fingerprint density at radius 2 is 1.64 bits per heavy atom. The van der Waals surface area contributed by atoms with Crippen molar-refractivity contribution in [3.05, 3.63) is 72.1 Å². The summed E-state index contributed by atoms with van der Waals surface area (Å²) in [6, 6.07) is 13.4. The highest BCUT2D eigenvalue weighted by Gasteiger charge is 2.32. The molecule has 0 aliphatic rings. The van der Waals surface area contributed by atoms with E-state index in [9.17, 15) is 27.1 Å². The number of aliphatic hydroxyl groups is 1. The monoisotopic (exact) mass is 395 g/mol. The van der Waals surface area contributed by atoms with E-state index in [4.69, 9.17) is 0 Å². The van der Waals surface area contributed by atoms with Crippen molar-refractivity contribution in [2.24, 2.45) is 0 Å². The van der Waals surface area contributed by atoms with Gasteiger partial charge in [0, 0.05) is 11.9 Å². The summed E-state index contributed by atoms with van der Waals surface area (Å²) in [6.07, 6.45) is -8.31. The second-order valence-electron chi connectivity index (χ2n) is 5.87. The van der Waals surface area contributed by atoms with Gasteiger partial charge >= 0.3 is 6.18 Å². The highest BCUT2D eigenvalue weighted by Crippen LogP contribution is 2.29. The van der Waals surface area contributed by atoms with Crippen molar-refractivity contribution in [3.63, 3.8) is 0 Å². The van der Waals surface area contributed by atoms with Crippen LogP contribution in [0.25, 0.3) is 11.1 Å². The van der Waals surface area contributed by atoms with E-state index < -0.39 is 24.4 Å². The SMILES string of the molecule is OC(c1ccc(-c2cccc(Nc3nccc(C(F)(F)F)n3)c2)cc1)C(F)F. The lowest BCUT2D eigenvalue weighted by atomic mass is 10.0. The number of nitrogens with one attached hydrogen (secondary N) is 1. The molecule has 0 radical (unpaired) electrons. The van der Waals surface area contributed by atoms with E-state index in [1.165, 1.54) is 12.1 Å². The average molecular weight is 395 g/mol. The summed E-state index contributed by atoms with van der Waals surface area (Å²) in [5.41, 5.74) is 0.849. The molecule has 9 heteroatoms. The fourth-order valence-corrected chi connectivity index (χ4v) is 2.50. The quantitative estimate of drug-likeness (QED) is 0.583. The molecule has 0 spiro atoms. The number of nitrogens with zero attached hydrogens (tertiary/aromatic N) is 2. The van der Waals surface area contributed by atoms with Gasteiger partial charge in [-0.1, -0.05) is 36.4 Å². The van der Waals surface area contributed by atoms with Crippen LogP contribution < -0.4 is 5.32 Å². The third kappa shape index (κ3) is 4.61. The first kappa shape index (κ1) is 19.7.